The van der Waals surface area contributed by atoms with Gasteiger partial charge in [-0.05, 0) is 42.3 Å². The molecule has 0 aliphatic carbocycles. The van der Waals surface area contributed by atoms with Crippen LogP contribution in [0.1, 0.15) is 48.1 Å². The number of carbonyl (C=O) groups excluding carboxylic acids is 1. The minimum absolute atomic E-state index is 0.0643. The number of hydrogen-bond donors (Lipinski definition) is 0. The zero-order valence-electron chi connectivity index (χ0n) is 22.2. The van der Waals surface area contributed by atoms with Crippen LogP contribution in [0.4, 0.5) is 13.2 Å². The Morgan fingerprint density at radius 2 is 1.62 bits per heavy atom. The Hall–Kier alpha value is -3.98. The van der Waals surface area contributed by atoms with Crippen molar-refractivity contribution in [2.75, 3.05) is 21.3 Å². The Labute approximate surface area is 224 Å². The maximum Gasteiger partial charge on any atom is 0.432 e. The molecule has 6 nitrogen and oxygen atoms in total. The predicted octanol–water partition coefficient (Wildman–Crippen LogP) is 6.98. The molecule has 0 amide bonds. The molecule has 3 aromatic rings. The van der Waals surface area contributed by atoms with Crippen LogP contribution >= 0.6 is 0 Å². The van der Waals surface area contributed by atoms with E-state index in [-0.39, 0.29) is 17.4 Å². The number of benzene rings is 3. The number of methoxy groups -OCH3 is 3. The van der Waals surface area contributed by atoms with Gasteiger partial charge in [-0.15, -0.1) is 0 Å². The number of alkyl halides is 3. The lowest BCUT2D eigenvalue weighted by Crippen LogP contribution is -2.52. The average molecular weight is 543 g/mol. The molecule has 4 rings (SSSR count). The van der Waals surface area contributed by atoms with Gasteiger partial charge >= 0.3 is 12.1 Å². The standard InChI is InChI=1S/C30H29F3O6/c1-6-10-19-15-22-18(2)26(39-27(22)25(16-19)36-4)20-13-14-23(24(17-20)35-3)38-28(34)29(37-5,30(31,32)33)21-11-8-7-9-12-21/h6-18,26H,1-5H3/b10-6+/t18-,26-,29+/m1/s1. The summed E-state index contributed by atoms with van der Waals surface area (Å²) in [7, 11) is 3.72. The molecule has 3 atom stereocenters. The lowest BCUT2D eigenvalue weighted by atomic mass is 9.91. The SMILES string of the molecule is C/C=C/c1cc(OC)c2c(c1)[C@@H](C)[C@H](c1ccc(OC(=O)[C@@](OC)(c3ccccc3)C(F)(F)F)c(OC)c1)O2. The van der Waals surface area contributed by atoms with Crippen molar-refractivity contribution in [3.8, 4) is 23.0 Å². The first-order valence-electron chi connectivity index (χ1n) is 12.2. The summed E-state index contributed by atoms with van der Waals surface area (Å²) in [5.74, 6) is -0.638. The molecule has 0 unspecified atom stereocenters. The van der Waals surface area contributed by atoms with Gasteiger partial charge in [0.2, 0.25) is 0 Å². The van der Waals surface area contributed by atoms with Crippen LogP contribution in [0.3, 0.4) is 0 Å². The number of esters is 1. The fraction of sp³-hybridized carbons (Fsp3) is 0.300. The summed E-state index contributed by atoms with van der Waals surface area (Å²) in [5.41, 5.74) is -1.13. The summed E-state index contributed by atoms with van der Waals surface area (Å²) in [6, 6.07) is 15.1. The third-order valence-corrected chi connectivity index (χ3v) is 6.77. The summed E-state index contributed by atoms with van der Waals surface area (Å²) >= 11 is 0. The second-order valence-electron chi connectivity index (χ2n) is 9.02. The van der Waals surface area contributed by atoms with E-state index < -0.39 is 29.4 Å². The molecule has 0 spiro atoms. The van der Waals surface area contributed by atoms with Gasteiger partial charge in [0.05, 0.1) is 14.2 Å². The van der Waals surface area contributed by atoms with Gasteiger partial charge in [-0.2, -0.15) is 13.2 Å². The molecular formula is C30H29F3O6. The zero-order valence-corrected chi connectivity index (χ0v) is 22.2. The van der Waals surface area contributed by atoms with Gasteiger partial charge in [-0.3, -0.25) is 0 Å². The molecule has 1 aliphatic rings. The Morgan fingerprint density at radius 1 is 0.923 bits per heavy atom. The summed E-state index contributed by atoms with van der Waals surface area (Å²) < 4.78 is 70.2. The fourth-order valence-electron chi connectivity index (χ4n) is 4.80. The molecule has 0 aromatic heterocycles. The van der Waals surface area contributed by atoms with Crippen molar-refractivity contribution in [2.45, 2.75) is 37.6 Å². The Morgan fingerprint density at radius 3 is 2.21 bits per heavy atom. The van der Waals surface area contributed by atoms with Gasteiger partial charge in [0.15, 0.2) is 23.0 Å². The average Bonchev–Trinajstić information content (AvgIpc) is 3.25. The van der Waals surface area contributed by atoms with Gasteiger partial charge < -0.3 is 23.7 Å². The van der Waals surface area contributed by atoms with E-state index >= 15 is 0 Å². The number of fused-ring (bicyclic) bond motifs is 1. The second-order valence-corrected chi connectivity index (χ2v) is 9.02. The van der Waals surface area contributed by atoms with Gasteiger partial charge in [0.1, 0.15) is 6.10 Å². The van der Waals surface area contributed by atoms with E-state index in [9.17, 15) is 18.0 Å². The number of allylic oxidation sites excluding steroid dienone is 1. The highest BCUT2D eigenvalue weighted by Gasteiger charge is 2.64. The van der Waals surface area contributed by atoms with Crippen LogP contribution in [0, 0.1) is 0 Å². The Balaban J connectivity index is 1.67. The van der Waals surface area contributed by atoms with Crippen molar-refractivity contribution in [1.29, 1.82) is 0 Å². The van der Waals surface area contributed by atoms with Crippen LogP contribution < -0.4 is 18.9 Å². The molecule has 0 saturated heterocycles. The topological polar surface area (TPSA) is 63.2 Å². The Kier molecular flexibility index (Phi) is 7.92. The highest BCUT2D eigenvalue weighted by molar-refractivity contribution is 5.85. The molecule has 1 heterocycles. The minimum atomic E-state index is -5.10. The van der Waals surface area contributed by atoms with Crippen molar-refractivity contribution >= 4 is 12.0 Å². The monoisotopic (exact) mass is 542 g/mol. The van der Waals surface area contributed by atoms with Gasteiger partial charge in [-0.1, -0.05) is 55.5 Å². The molecule has 0 bridgehead atoms. The van der Waals surface area contributed by atoms with Gasteiger partial charge in [-0.25, -0.2) is 4.79 Å². The maximum atomic E-state index is 14.3. The quantitative estimate of drug-likeness (QED) is 0.226. The lowest BCUT2D eigenvalue weighted by Gasteiger charge is -2.32. The van der Waals surface area contributed by atoms with Gasteiger partial charge in [0, 0.05) is 24.2 Å². The van der Waals surface area contributed by atoms with Crippen LogP contribution in [0.5, 0.6) is 23.0 Å². The van der Waals surface area contributed by atoms with Crippen molar-refractivity contribution < 1.29 is 41.7 Å². The van der Waals surface area contributed by atoms with E-state index in [0.717, 1.165) is 30.4 Å². The molecule has 0 saturated carbocycles. The summed E-state index contributed by atoms with van der Waals surface area (Å²) in [6.45, 7) is 3.93. The van der Waals surface area contributed by atoms with E-state index in [1.807, 2.05) is 38.1 Å². The van der Waals surface area contributed by atoms with E-state index in [1.165, 1.54) is 31.4 Å². The highest BCUT2D eigenvalue weighted by atomic mass is 19.4. The van der Waals surface area contributed by atoms with Crippen LogP contribution in [0.25, 0.3) is 6.08 Å². The first-order valence-corrected chi connectivity index (χ1v) is 12.2. The maximum absolute atomic E-state index is 14.3. The largest absolute Gasteiger partial charge is 0.493 e. The molecule has 206 valence electrons. The normalized spacial score (nSPS) is 18.3. The lowest BCUT2D eigenvalue weighted by molar-refractivity contribution is -0.272. The number of halogens is 3. The third-order valence-electron chi connectivity index (χ3n) is 6.77. The molecule has 1 aliphatic heterocycles. The fourth-order valence-corrected chi connectivity index (χ4v) is 4.80. The highest BCUT2D eigenvalue weighted by Crippen LogP contribution is 2.52. The molecule has 0 N–H and O–H groups in total. The third kappa shape index (κ3) is 4.94. The summed E-state index contributed by atoms with van der Waals surface area (Å²) in [5, 5.41) is 0. The van der Waals surface area contributed by atoms with Crippen LogP contribution in [-0.4, -0.2) is 33.5 Å². The molecule has 39 heavy (non-hydrogen) atoms. The van der Waals surface area contributed by atoms with Crippen molar-refractivity contribution in [3.63, 3.8) is 0 Å². The second kappa shape index (κ2) is 11.0. The molecule has 0 fully saturated rings. The smallest absolute Gasteiger partial charge is 0.432 e. The van der Waals surface area contributed by atoms with Crippen LogP contribution in [0.15, 0.2) is 66.7 Å². The predicted molar refractivity (Wildman–Crippen MR) is 139 cm³/mol. The van der Waals surface area contributed by atoms with E-state index in [0.29, 0.717) is 17.1 Å². The van der Waals surface area contributed by atoms with Crippen molar-refractivity contribution in [1.82, 2.24) is 0 Å². The number of ether oxygens (including phenoxy) is 5. The van der Waals surface area contributed by atoms with Gasteiger partial charge in [0.25, 0.3) is 5.60 Å². The van der Waals surface area contributed by atoms with E-state index in [2.05, 4.69) is 0 Å². The molecule has 3 aromatic carbocycles. The first-order chi connectivity index (χ1) is 18.6. The number of hydrogen-bond acceptors (Lipinski definition) is 6. The number of carbonyl (C=O) groups is 1. The van der Waals surface area contributed by atoms with Crippen LogP contribution in [0.2, 0.25) is 0 Å². The zero-order chi connectivity index (χ0) is 28.4. The van der Waals surface area contributed by atoms with Crippen LogP contribution in [-0.2, 0) is 15.1 Å². The van der Waals surface area contributed by atoms with Crippen molar-refractivity contribution in [3.05, 3.63) is 89.0 Å². The van der Waals surface area contributed by atoms with E-state index in [4.69, 9.17) is 23.7 Å². The summed E-state index contributed by atoms with van der Waals surface area (Å²) in [6.07, 6.45) is -1.65. The molecular weight excluding hydrogens is 513 g/mol. The Bertz CT molecular complexity index is 1370. The minimum Gasteiger partial charge on any atom is -0.493 e. The van der Waals surface area contributed by atoms with E-state index in [1.54, 1.807) is 19.2 Å². The number of rotatable bonds is 8. The summed E-state index contributed by atoms with van der Waals surface area (Å²) in [4.78, 5) is 13.1. The van der Waals surface area contributed by atoms with Crippen molar-refractivity contribution in [2.24, 2.45) is 0 Å². The molecule has 9 heteroatoms. The molecule has 0 radical (unpaired) electrons. The first kappa shape index (κ1) is 28.0.